The maximum atomic E-state index is 6.90. The van der Waals surface area contributed by atoms with Gasteiger partial charge in [-0.15, -0.1) is 0 Å². The summed E-state index contributed by atoms with van der Waals surface area (Å²) in [5, 5.41) is 5.77. The third kappa shape index (κ3) is 5.15. The molecule has 0 bridgehead atoms. The molecule has 0 spiro atoms. The van der Waals surface area contributed by atoms with Crippen molar-refractivity contribution in [2.24, 2.45) is 9.98 Å². The quantitative estimate of drug-likeness (QED) is 0.192. The zero-order chi connectivity index (χ0) is 34.4. The molecule has 248 valence electrons. The predicted octanol–water partition coefficient (Wildman–Crippen LogP) is 8.71. The fourth-order valence-corrected chi connectivity index (χ4v) is 7.49. The van der Waals surface area contributed by atoms with Crippen LogP contribution in [0.1, 0.15) is 41.3 Å². The van der Waals surface area contributed by atoms with Gasteiger partial charge in [0.15, 0.2) is 5.84 Å². The van der Waals surface area contributed by atoms with E-state index in [0.29, 0.717) is 5.84 Å². The summed E-state index contributed by atoms with van der Waals surface area (Å²) in [6, 6.07) is 54.4. The van der Waals surface area contributed by atoms with Crippen molar-refractivity contribution in [2.75, 3.05) is 0 Å². The number of hydrogen-bond acceptors (Lipinski definition) is 5. The lowest BCUT2D eigenvalue weighted by Crippen LogP contribution is -2.33. The first-order valence-electron chi connectivity index (χ1n) is 17.7. The summed E-state index contributed by atoms with van der Waals surface area (Å²) in [5.74, 6) is 2.35. The monoisotopic (exact) mass is 671 g/mol. The minimum atomic E-state index is -0.286. The molecular formula is C46H33N5O. The molecule has 10 rings (SSSR count). The molecule has 8 aromatic rings. The van der Waals surface area contributed by atoms with Crippen LogP contribution in [0.15, 0.2) is 172 Å². The van der Waals surface area contributed by atoms with Gasteiger partial charge in [0.25, 0.3) is 0 Å². The average molecular weight is 672 g/mol. The number of fused-ring (bicyclic) bond motifs is 4. The van der Waals surface area contributed by atoms with Crippen LogP contribution in [-0.4, -0.2) is 21.2 Å². The number of hydrogen-bond donors (Lipinski definition) is 1. The molecule has 6 nitrogen and oxygen atoms in total. The number of imidazole rings is 1. The second-order valence-corrected chi connectivity index (χ2v) is 13.2. The first-order chi connectivity index (χ1) is 25.8. The van der Waals surface area contributed by atoms with Crippen molar-refractivity contribution in [3.05, 3.63) is 191 Å². The third-order valence-corrected chi connectivity index (χ3v) is 9.98. The molecular weight excluding hydrogens is 639 g/mol. The van der Waals surface area contributed by atoms with Crippen LogP contribution in [0, 0.1) is 0 Å². The Kier molecular flexibility index (Phi) is 7.24. The van der Waals surface area contributed by atoms with Gasteiger partial charge < -0.3 is 9.73 Å². The second kappa shape index (κ2) is 12.5. The minimum absolute atomic E-state index is 0.286. The van der Waals surface area contributed by atoms with E-state index in [0.717, 1.165) is 90.6 Å². The number of aromatic nitrogens is 2. The smallest absolute Gasteiger partial charge is 0.163 e. The zero-order valence-electron chi connectivity index (χ0n) is 28.3. The Labute approximate surface area is 300 Å². The fraction of sp³-hybridized carbons (Fsp3) is 0.0652. The molecule has 0 fully saturated rings. The molecule has 2 aromatic heterocycles. The SMILES string of the molecule is C1=c2c(oc3c(C4=NC(c5ccccc5)NC(c5ccccc5)=N4)cccc23)=C(c2ccc(-c3nc4ccccc4n3-c3ccccc3)cc2)CC1. The van der Waals surface area contributed by atoms with Gasteiger partial charge in [-0.05, 0) is 54.3 Å². The fourth-order valence-electron chi connectivity index (χ4n) is 7.49. The zero-order valence-corrected chi connectivity index (χ0v) is 28.3. The number of rotatable bonds is 6. The van der Waals surface area contributed by atoms with Crippen LogP contribution < -0.4 is 16.0 Å². The summed E-state index contributed by atoms with van der Waals surface area (Å²) in [6.07, 6.45) is 3.84. The van der Waals surface area contributed by atoms with Crippen LogP contribution in [0.5, 0.6) is 0 Å². The maximum absolute atomic E-state index is 6.90. The van der Waals surface area contributed by atoms with E-state index in [1.165, 1.54) is 5.57 Å². The highest BCUT2D eigenvalue weighted by atomic mass is 16.3. The molecule has 52 heavy (non-hydrogen) atoms. The van der Waals surface area contributed by atoms with E-state index < -0.39 is 0 Å². The van der Waals surface area contributed by atoms with E-state index in [-0.39, 0.29) is 6.17 Å². The minimum Gasteiger partial charge on any atom is -0.455 e. The lowest BCUT2D eigenvalue weighted by atomic mass is 9.95. The molecule has 6 heteroatoms. The Hall–Kier alpha value is -6.79. The molecule has 3 heterocycles. The van der Waals surface area contributed by atoms with Crippen molar-refractivity contribution in [3.8, 4) is 17.1 Å². The highest BCUT2D eigenvalue weighted by molar-refractivity contribution is 6.16. The summed E-state index contributed by atoms with van der Waals surface area (Å²) < 4.78 is 9.14. The van der Waals surface area contributed by atoms with Crippen molar-refractivity contribution in [3.63, 3.8) is 0 Å². The number of benzene rings is 6. The molecule has 1 aliphatic carbocycles. The average Bonchev–Trinajstić information content (AvgIpc) is 3.81. The first kappa shape index (κ1) is 30.1. The number of aliphatic imine (C=N–C) groups is 2. The predicted molar refractivity (Wildman–Crippen MR) is 210 cm³/mol. The van der Waals surface area contributed by atoms with Crippen molar-refractivity contribution in [1.82, 2.24) is 14.9 Å². The van der Waals surface area contributed by atoms with Crippen molar-refractivity contribution in [1.29, 1.82) is 0 Å². The van der Waals surface area contributed by atoms with Gasteiger partial charge in [0.2, 0.25) is 0 Å². The molecule has 1 N–H and O–H groups in total. The van der Waals surface area contributed by atoms with Crippen LogP contribution >= 0.6 is 0 Å². The normalized spacial score (nSPS) is 15.5. The Morgan fingerprint density at radius 2 is 1.37 bits per heavy atom. The van der Waals surface area contributed by atoms with Gasteiger partial charge in [-0.2, -0.15) is 0 Å². The van der Waals surface area contributed by atoms with Gasteiger partial charge in [0, 0.05) is 33.0 Å². The van der Waals surface area contributed by atoms with Gasteiger partial charge in [-0.25, -0.2) is 15.0 Å². The molecule has 0 radical (unpaired) electrons. The van der Waals surface area contributed by atoms with E-state index in [9.17, 15) is 0 Å². The van der Waals surface area contributed by atoms with E-state index in [1.807, 2.05) is 48.5 Å². The molecule has 1 aliphatic heterocycles. The van der Waals surface area contributed by atoms with E-state index in [4.69, 9.17) is 19.4 Å². The van der Waals surface area contributed by atoms with Gasteiger partial charge in [-0.1, -0.05) is 133 Å². The van der Waals surface area contributed by atoms with Gasteiger partial charge in [0.1, 0.15) is 28.8 Å². The van der Waals surface area contributed by atoms with Gasteiger partial charge in [0.05, 0.1) is 16.6 Å². The molecule has 1 atom stereocenters. The molecule has 6 aromatic carbocycles. The van der Waals surface area contributed by atoms with Crippen molar-refractivity contribution >= 4 is 45.3 Å². The van der Waals surface area contributed by atoms with E-state index in [2.05, 4.69) is 125 Å². The van der Waals surface area contributed by atoms with Crippen LogP contribution in [-0.2, 0) is 0 Å². The number of nitrogens with zero attached hydrogens (tertiary/aromatic N) is 4. The van der Waals surface area contributed by atoms with Crippen LogP contribution in [0.4, 0.5) is 0 Å². The topological polar surface area (TPSA) is 67.7 Å². The number of furan rings is 1. The first-order valence-corrected chi connectivity index (χ1v) is 17.7. The number of para-hydroxylation sites is 4. The molecule has 2 aliphatic rings. The summed E-state index contributed by atoms with van der Waals surface area (Å²) in [7, 11) is 0. The lowest BCUT2D eigenvalue weighted by molar-refractivity contribution is 0.567. The summed E-state index contributed by atoms with van der Waals surface area (Å²) in [5.41, 5.74) is 11.2. The van der Waals surface area contributed by atoms with Gasteiger partial charge >= 0.3 is 0 Å². The highest BCUT2D eigenvalue weighted by Gasteiger charge is 2.24. The summed E-state index contributed by atoms with van der Waals surface area (Å²) in [4.78, 5) is 15.3. The number of amidine groups is 2. The largest absolute Gasteiger partial charge is 0.455 e. The molecule has 1 unspecified atom stereocenters. The second-order valence-electron chi connectivity index (χ2n) is 13.2. The van der Waals surface area contributed by atoms with E-state index in [1.54, 1.807) is 0 Å². The lowest BCUT2D eigenvalue weighted by Gasteiger charge is -2.23. The molecule has 0 saturated carbocycles. The Morgan fingerprint density at radius 3 is 2.17 bits per heavy atom. The maximum Gasteiger partial charge on any atom is 0.163 e. The molecule has 0 amide bonds. The highest BCUT2D eigenvalue weighted by Crippen LogP contribution is 2.31. The summed E-state index contributed by atoms with van der Waals surface area (Å²) in [6.45, 7) is 0. The Morgan fingerprint density at radius 1 is 0.654 bits per heavy atom. The van der Waals surface area contributed by atoms with E-state index >= 15 is 0 Å². The number of nitrogens with one attached hydrogen (secondary N) is 1. The van der Waals surface area contributed by atoms with Gasteiger partial charge in [-0.3, -0.25) is 4.57 Å². The standard InChI is InChI=1S/C46H33N5O/c1-4-14-31(15-5-1)43-48-44(32-16-6-2-7-17-32)50-45(49-43)38-23-13-22-37-36-21-12-20-35(41(36)52-42(37)38)30-26-28-33(29-27-30)46-47-39-24-10-11-25-40(39)51(46)34-18-8-3-9-19-34/h1-11,13-19,21-29,43H,12,20H2,(H,48,49,50). The van der Waals surface area contributed by atoms with Crippen LogP contribution in [0.3, 0.4) is 0 Å². The van der Waals surface area contributed by atoms with Crippen molar-refractivity contribution < 1.29 is 4.42 Å². The van der Waals surface area contributed by atoms with Crippen LogP contribution in [0.25, 0.3) is 50.7 Å². The van der Waals surface area contributed by atoms with Crippen LogP contribution in [0.2, 0.25) is 0 Å². The third-order valence-electron chi connectivity index (χ3n) is 9.98. The summed E-state index contributed by atoms with van der Waals surface area (Å²) >= 11 is 0. The molecule has 0 saturated heterocycles. The Bertz CT molecular complexity index is 2800. The Balaban J connectivity index is 1.09. The van der Waals surface area contributed by atoms with Crippen molar-refractivity contribution in [2.45, 2.75) is 19.0 Å².